The van der Waals surface area contributed by atoms with Crippen LogP contribution in [0.2, 0.25) is 0 Å². The number of rotatable bonds is 4. The molecule has 1 rings (SSSR count). The first-order valence-corrected chi connectivity index (χ1v) is 6.78. The Morgan fingerprint density at radius 3 is 2.41 bits per heavy atom. The molecule has 0 N–H and O–H groups in total. The Hall–Kier alpha value is -1.56. The van der Waals surface area contributed by atoms with Crippen molar-refractivity contribution in [3.8, 4) is 0 Å². The third-order valence-corrected chi connectivity index (χ3v) is 3.76. The van der Waals surface area contributed by atoms with Gasteiger partial charge in [0.15, 0.2) is 9.84 Å². The van der Waals surface area contributed by atoms with Crippen molar-refractivity contribution >= 4 is 15.9 Å². The molecule has 0 aliphatic carbocycles. The lowest BCUT2D eigenvalue weighted by Gasteiger charge is -2.16. The zero-order valence-electron chi connectivity index (χ0n) is 9.79. The van der Waals surface area contributed by atoms with Crippen molar-refractivity contribution in [2.24, 2.45) is 0 Å². The Bertz CT molecular complexity index is 470. The maximum Gasteiger partial charge on any atom is 0.410 e. The third kappa shape index (κ3) is 3.74. The number of hydrogen-bond donors (Lipinski definition) is 0. The van der Waals surface area contributed by atoms with Crippen LogP contribution >= 0.6 is 0 Å². The standard InChI is InChI=1S/C11H15NO4S/c1-3-16-11(13)12(2)9-17(14,15)10-7-5-4-6-8-10/h4-8H,3,9H2,1-2H3. The summed E-state index contributed by atoms with van der Waals surface area (Å²) >= 11 is 0. The van der Waals surface area contributed by atoms with Crippen molar-refractivity contribution in [2.45, 2.75) is 11.8 Å². The molecule has 0 aromatic heterocycles. The summed E-state index contributed by atoms with van der Waals surface area (Å²) < 4.78 is 28.5. The molecule has 1 aromatic carbocycles. The van der Waals surface area contributed by atoms with Crippen LogP contribution in [0.5, 0.6) is 0 Å². The molecule has 0 bridgehead atoms. The zero-order chi connectivity index (χ0) is 12.9. The van der Waals surface area contributed by atoms with Gasteiger partial charge in [0.2, 0.25) is 0 Å². The first-order valence-electron chi connectivity index (χ1n) is 5.13. The van der Waals surface area contributed by atoms with Crippen LogP contribution in [0.4, 0.5) is 4.79 Å². The van der Waals surface area contributed by atoms with Gasteiger partial charge >= 0.3 is 6.09 Å². The average Bonchev–Trinajstić information content (AvgIpc) is 2.30. The van der Waals surface area contributed by atoms with Crippen LogP contribution in [0.1, 0.15) is 6.92 Å². The maximum atomic E-state index is 11.9. The van der Waals surface area contributed by atoms with Gasteiger partial charge < -0.3 is 4.74 Å². The lowest BCUT2D eigenvalue weighted by Crippen LogP contribution is -2.32. The highest BCUT2D eigenvalue weighted by Gasteiger charge is 2.20. The van der Waals surface area contributed by atoms with Crippen LogP contribution in [-0.2, 0) is 14.6 Å². The van der Waals surface area contributed by atoms with Crippen molar-refractivity contribution < 1.29 is 17.9 Å². The number of benzene rings is 1. The summed E-state index contributed by atoms with van der Waals surface area (Å²) in [5.41, 5.74) is 0. The van der Waals surface area contributed by atoms with Crippen molar-refractivity contribution in [2.75, 3.05) is 19.5 Å². The van der Waals surface area contributed by atoms with E-state index in [0.717, 1.165) is 4.90 Å². The van der Waals surface area contributed by atoms with Crippen molar-refractivity contribution in [1.29, 1.82) is 0 Å². The van der Waals surface area contributed by atoms with Crippen LogP contribution in [0.3, 0.4) is 0 Å². The number of nitrogens with zero attached hydrogens (tertiary/aromatic N) is 1. The smallest absolute Gasteiger partial charge is 0.410 e. The summed E-state index contributed by atoms with van der Waals surface area (Å²) in [6.07, 6.45) is -0.646. The van der Waals surface area contributed by atoms with E-state index in [-0.39, 0.29) is 11.5 Å². The number of sulfone groups is 1. The van der Waals surface area contributed by atoms with Gasteiger partial charge in [0.25, 0.3) is 0 Å². The fraction of sp³-hybridized carbons (Fsp3) is 0.364. The first-order chi connectivity index (χ1) is 7.97. The summed E-state index contributed by atoms with van der Waals surface area (Å²) in [7, 11) is -2.11. The minimum Gasteiger partial charge on any atom is -0.450 e. The first kappa shape index (κ1) is 13.5. The largest absolute Gasteiger partial charge is 0.450 e. The lowest BCUT2D eigenvalue weighted by molar-refractivity contribution is 0.121. The van der Waals surface area contributed by atoms with E-state index in [0.29, 0.717) is 0 Å². The Labute approximate surface area is 101 Å². The van der Waals surface area contributed by atoms with E-state index in [1.807, 2.05) is 0 Å². The summed E-state index contributed by atoms with van der Waals surface area (Å²) in [6, 6.07) is 7.99. The summed E-state index contributed by atoms with van der Waals surface area (Å²) in [5, 5.41) is 0. The van der Waals surface area contributed by atoms with E-state index >= 15 is 0 Å². The maximum absolute atomic E-state index is 11.9. The molecular weight excluding hydrogens is 242 g/mol. The second-order valence-corrected chi connectivity index (χ2v) is 5.41. The molecule has 94 valence electrons. The van der Waals surface area contributed by atoms with E-state index in [4.69, 9.17) is 4.74 Å². The number of hydrogen-bond acceptors (Lipinski definition) is 4. The van der Waals surface area contributed by atoms with Gasteiger partial charge in [-0.2, -0.15) is 0 Å². The lowest BCUT2D eigenvalue weighted by atomic mass is 10.4. The average molecular weight is 257 g/mol. The number of amides is 1. The van der Waals surface area contributed by atoms with Gasteiger partial charge in [-0.25, -0.2) is 13.2 Å². The molecule has 17 heavy (non-hydrogen) atoms. The molecule has 0 fully saturated rings. The van der Waals surface area contributed by atoms with Crippen molar-refractivity contribution in [3.05, 3.63) is 30.3 Å². The fourth-order valence-electron chi connectivity index (χ4n) is 1.24. The number of carbonyl (C=O) groups excluding carboxylic acids is 1. The van der Waals surface area contributed by atoms with Gasteiger partial charge in [0.05, 0.1) is 11.5 Å². The Morgan fingerprint density at radius 1 is 1.29 bits per heavy atom. The van der Waals surface area contributed by atoms with Crippen LogP contribution < -0.4 is 0 Å². The van der Waals surface area contributed by atoms with E-state index in [2.05, 4.69) is 0 Å². The second kappa shape index (κ2) is 5.67. The second-order valence-electron chi connectivity index (χ2n) is 3.45. The molecule has 0 radical (unpaired) electrons. The normalized spacial score (nSPS) is 10.9. The van der Waals surface area contributed by atoms with Gasteiger partial charge in [-0.05, 0) is 19.1 Å². The minimum atomic E-state index is -3.50. The number of ether oxygens (including phenoxy) is 1. The van der Waals surface area contributed by atoms with E-state index in [1.54, 1.807) is 25.1 Å². The van der Waals surface area contributed by atoms with Crippen LogP contribution in [0.25, 0.3) is 0 Å². The molecule has 0 unspecified atom stereocenters. The summed E-state index contributed by atoms with van der Waals surface area (Å²) in [5.74, 6) is -0.393. The highest BCUT2D eigenvalue weighted by Crippen LogP contribution is 2.11. The molecule has 0 atom stereocenters. The fourth-order valence-corrected chi connectivity index (χ4v) is 2.58. The molecule has 1 amide bonds. The molecule has 6 heteroatoms. The molecule has 5 nitrogen and oxygen atoms in total. The molecule has 0 saturated carbocycles. The molecule has 0 aliphatic heterocycles. The Morgan fingerprint density at radius 2 is 1.88 bits per heavy atom. The van der Waals surface area contributed by atoms with E-state index in [1.165, 1.54) is 19.2 Å². The van der Waals surface area contributed by atoms with Crippen LogP contribution in [0.15, 0.2) is 35.2 Å². The minimum absolute atomic E-state index is 0.191. The van der Waals surface area contributed by atoms with Gasteiger partial charge in [0.1, 0.15) is 5.88 Å². The summed E-state index contributed by atoms with van der Waals surface area (Å²) in [6.45, 7) is 1.88. The van der Waals surface area contributed by atoms with Gasteiger partial charge in [0, 0.05) is 7.05 Å². The monoisotopic (exact) mass is 257 g/mol. The zero-order valence-corrected chi connectivity index (χ0v) is 10.6. The molecule has 0 saturated heterocycles. The van der Waals surface area contributed by atoms with E-state index in [9.17, 15) is 13.2 Å². The molecule has 0 spiro atoms. The number of carbonyl (C=O) groups is 1. The Kier molecular flexibility index (Phi) is 4.51. The SMILES string of the molecule is CCOC(=O)N(C)CS(=O)(=O)c1ccccc1. The topological polar surface area (TPSA) is 63.7 Å². The van der Waals surface area contributed by atoms with Crippen molar-refractivity contribution in [1.82, 2.24) is 4.90 Å². The molecule has 0 aliphatic rings. The predicted molar refractivity (Wildman–Crippen MR) is 63.3 cm³/mol. The van der Waals surface area contributed by atoms with Gasteiger partial charge in [-0.1, -0.05) is 18.2 Å². The van der Waals surface area contributed by atoms with Crippen molar-refractivity contribution in [3.63, 3.8) is 0 Å². The van der Waals surface area contributed by atoms with Crippen LogP contribution in [-0.4, -0.2) is 38.9 Å². The third-order valence-electron chi connectivity index (χ3n) is 2.05. The highest BCUT2D eigenvalue weighted by atomic mass is 32.2. The van der Waals surface area contributed by atoms with Gasteiger partial charge in [-0.3, -0.25) is 4.90 Å². The van der Waals surface area contributed by atoms with Gasteiger partial charge in [-0.15, -0.1) is 0 Å². The molecular formula is C11H15NO4S. The van der Waals surface area contributed by atoms with Crippen LogP contribution in [0, 0.1) is 0 Å². The Balaban J connectivity index is 2.78. The quantitative estimate of drug-likeness (QED) is 0.820. The molecule has 1 aromatic rings. The predicted octanol–water partition coefficient (Wildman–Crippen LogP) is 1.51. The molecule has 0 heterocycles. The van der Waals surface area contributed by atoms with E-state index < -0.39 is 21.8 Å². The highest BCUT2D eigenvalue weighted by molar-refractivity contribution is 7.91. The summed E-state index contributed by atoms with van der Waals surface area (Å²) in [4.78, 5) is 12.5.